The summed E-state index contributed by atoms with van der Waals surface area (Å²) in [6.07, 6.45) is 3.16. The Balaban J connectivity index is 1.70. The lowest BCUT2D eigenvalue weighted by molar-refractivity contribution is -0.220. The molecule has 0 radical (unpaired) electrons. The van der Waals surface area contributed by atoms with Crippen LogP contribution in [0.15, 0.2) is 54.6 Å². The number of rotatable bonds is 11. The Morgan fingerprint density at radius 1 is 0.963 bits per heavy atom. The van der Waals surface area contributed by atoms with E-state index in [1.54, 1.807) is 0 Å². The zero-order valence-electron chi connectivity index (χ0n) is 16.6. The molecule has 0 aliphatic rings. The Kier molecular flexibility index (Phi) is 8.55. The molecule has 0 unspecified atom stereocenters. The molecule has 146 valence electrons. The molecule has 5 heteroatoms. The highest BCUT2D eigenvalue weighted by Crippen LogP contribution is 2.17. The SMILES string of the molecule is CCCC[Si](C)(C)OOC(=O)CCc1ccc(OCc2ccccc2)cc1. The Morgan fingerprint density at radius 2 is 1.67 bits per heavy atom. The third-order valence-electron chi connectivity index (χ3n) is 4.28. The van der Waals surface area contributed by atoms with Crippen molar-refractivity contribution in [1.82, 2.24) is 0 Å². The van der Waals surface area contributed by atoms with Crippen molar-refractivity contribution >= 4 is 14.3 Å². The summed E-state index contributed by atoms with van der Waals surface area (Å²) in [4.78, 5) is 16.9. The van der Waals surface area contributed by atoms with Crippen LogP contribution in [0.2, 0.25) is 19.1 Å². The van der Waals surface area contributed by atoms with Gasteiger partial charge < -0.3 is 9.62 Å². The Morgan fingerprint density at radius 3 is 2.33 bits per heavy atom. The summed E-state index contributed by atoms with van der Waals surface area (Å²) in [6.45, 7) is 6.84. The van der Waals surface area contributed by atoms with Crippen LogP contribution >= 0.6 is 0 Å². The summed E-state index contributed by atoms with van der Waals surface area (Å²) >= 11 is 0. The van der Waals surface area contributed by atoms with Crippen molar-refractivity contribution in [3.05, 3.63) is 65.7 Å². The van der Waals surface area contributed by atoms with Gasteiger partial charge in [-0.25, -0.2) is 9.37 Å². The molecule has 4 nitrogen and oxygen atoms in total. The number of carbonyl (C=O) groups is 1. The Bertz CT molecular complexity index is 683. The number of benzene rings is 2. The van der Waals surface area contributed by atoms with Crippen LogP contribution in [0.3, 0.4) is 0 Å². The zero-order chi connectivity index (χ0) is 19.5. The molecular formula is C22H30O4Si. The van der Waals surface area contributed by atoms with Gasteiger partial charge in [0.25, 0.3) is 0 Å². The second-order valence-corrected chi connectivity index (χ2v) is 11.5. The van der Waals surface area contributed by atoms with Crippen molar-refractivity contribution in [2.75, 3.05) is 0 Å². The van der Waals surface area contributed by atoms with E-state index in [-0.39, 0.29) is 5.97 Å². The first-order valence-electron chi connectivity index (χ1n) is 9.63. The molecule has 0 spiro atoms. The Hall–Kier alpha value is -2.11. The van der Waals surface area contributed by atoms with E-state index >= 15 is 0 Å². The van der Waals surface area contributed by atoms with Crippen molar-refractivity contribution in [3.8, 4) is 5.75 Å². The highest BCUT2D eigenvalue weighted by atomic mass is 28.4. The summed E-state index contributed by atoms with van der Waals surface area (Å²) in [6, 6.07) is 18.9. The van der Waals surface area contributed by atoms with Crippen molar-refractivity contribution in [2.45, 2.75) is 58.4 Å². The lowest BCUT2D eigenvalue weighted by atomic mass is 10.1. The molecule has 0 fully saturated rings. The summed E-state index contributed by atoms with van der Waals surface area (Å²) in [5.74, 6) is 0.508. The van der Waals surface area contributed by atoms with Crippen LogP contribution in [0.1, 0.15) is 37.3 Å². The average molecular weight is 387 g/mol. The molecule has 0 aliphatic carbocycles. The molecule has 0 saturated heterocycles. The number of aryl methyl sites for hydroxylation is 1. The first kappa shape index (κ1) is 21.2. The third-order valence-corrected chi connectivity index (χ3v) is 6.37. The van der Waals surface area contributed by atoms with E-state index in [4.69, 9.17) is 14.2 Å². The van der Waals surface area contributed by atoms with Gasteiger partial charge in [0.1, 0.15) is 12.4 Å². The quantitative estimate of drug-likeness (QED) is 0.283. The van der Waals surface area contributed by atoms with Gasteiger partial charge in [-0.2, -0.15) is 0 Å². The molecule has 0 heterocycles. The van der Waals surface area contributed by atoms with Gasteiger partial charge in [0.15, 0.2) is 0 Å². The van der Waals surface area contributed by atoms with E-state index in [0.717, 1.165) is 35.8 Å². The molecule has 0 bridgehead atoms. The van der Waals surface area contributed by atoms with Gasteiger partial charge >= 0.3 is 5.97 Å². The van der Waals surface area contributed by atoms with Crippen LogP contribution < -0.4 is 4.74 Å². The van der Waals surface area contributed by atoms with Gasteiger partial charge in [0.05, 0.1) is 6.42 Å². The highest BCUT2D eigenvalue weighted by molar-refractivity contribution is 6.70. The fourth-order valence-electron chi connectivity index (χ4n) is 2.58. The molecule has 0 aliphatic heterocycles. The van der Waals surface area contributed by atoms with E-state index < -0.39 is 8.32 Å². The second-order valence-electron chi connectivity index (χ2n) is 7.32. The van der Waals surface area contributed by atoms with Gasteiger partial charge in [-0.3, -0.25) is 0 Å². The fourth-order valence-corrected chi connectivity index (χ4v) is 4.19. The maximum atomic E-state index is 11.9. The first-order chi connectivity index (χ1) is 13.0. The normalized spacial score (nSPS) is 11.2. The molecule has 0 atom stereocenters. The number of unbranched alkanes of at least 4 members (excludes halogenated alkanes) is 1. The van der Waals surface area contributed by atoms with Gasteiger partial charge in [0.2, 0.25) is 8.32 Å². The van der Waals surface area contributed by atoms with E-state index in [1.807, 2.05) is 54.6 Å². The fraction of sp³-hybridized carbons (Fsp3) is 0.409. The first-order valence-corrected chi connectivity index (χ1v) is 12.7. The third kappa shape index (κ3) is 8.41. The van der Waals surface area contributed by atoms with Gasteiger partial charge in [-0.05, 0) is 48.8 Å². The minimum absolute atomic E-state index is 0.308. The van der Waals surface area contributed by atoms with Crippen molar-refractivity contribution in [2.24, 2.45) is 0 Å². The van der Waals surface area contributed by atoms with E-state index in [0.29, 0.717) is 19.4 Å². The van der Waals surface area contributed by atoms with Crippen LogP contribution in [-0.4, -0.2) is 14.3 Å². The largest absolute Gasteiger partial charge is 0.489 e. The molecule has 0 saturated carbocycles. The standard InChI is InChI=1S/C22H30O4Si/c1-4-5-17-27(2,3)26-25-22(23)16-13-19-11-14-21(15-12-19)24-18-20-9-7-6-8-10-20/h6-12,14-15H,4-5,13,16-18H2,1-3H3. The smallest absolute Gasteiger partial charge is 0.341 e. The molecule has 0 N–H and O–H groups in total. The average Bonchev–Trinajstić information content (AvgIpc) is 2.69. The highest BCUT2D eigenvalue weighted by Gasteiger charge is 2.25. The van der Waals surface area contributed by atoms with Crippen molar-refractivity contribution in [3.63, 3.8) is 0 Å². The molecule has 27 heavy (non-hydrogen) atoms. The number of hydrogen-bond acceptors (Lipinski definition) is 4. The summed E-state index contributed by atoms with van der Waals surface area (Å²) in [7, 11) is -1.90. The molecular weight excluding hydrogens is 356 g/mol. The monoisotopic (exact) mass is 386 g/mol. The molecule has 0 amide bonds. The van der Waals surface area contributed by atoms with Crippen LogP contribution in [-0.2, 0) is 27.3 Å². The number of ether oxygens (including phenoxy) is 1. The lowest BCUT2D eigenvalue weighted by Gasteiger charge is -2.19. The maximum Gasteiger partial charge on any atom is 0.341 e. The van der Waals surface area contributed by atoms with Crippen molar-refractivity contribution in [1.29, 1.82) is 0 Å². The minimum Gasteiger partial charge on any atom is -0.489 e. The predicted octanol–water partition coefficient (Wildman–Crippen LogP) is 5.68. The Labute approximate surface area is 163 Å². The molecule has 2 aromatic carbocycles. The van der Waals surface area contributed by atoms with Crippen LogP contribution in [0, 0.1) is 0 Å². The van der Waals surface area contributed by atoms with Gasteiger partial charge in [-0.1, -0.05) is 62.2 Å². The van der Waals surface area contributed by atoms with Gasteiger partial charge in [0, 0.05) is 0 Å². The summed E-state index contributed by atoms with van der Waals surface area (Å²) in [5.41, 5.74) is 2.20. The predicted molar refractivity (Wildman–Crippen MR) is 110 cm³/mol. The number of carbonyl (C=O) groups excluding carboxylic acids is 1. The lowest BCUT2D eigenvalue weighted by Crippen LogP contribution is -2.31. The zero-order valence-corrected chi connectivity index (χ0v) is 17.6. The summed E-state index contributed by atoms with van der Waals surface area (Å²) < 4.78 is 11.2. The minimum atomic E-state index is -1.90. The van der Waals surface area contributed by atoms with Gasteiger partial charge in [-0.15, -0.1) is 0 Å². The summed E-state index contributed by atoms with van der Waals surface area (Å²) in [5, 5.41) is 0. The topological polar surface area (TPSA) is 44.8 Å². The van der Waals surface area contributed by atoms with E-state index in [9.17, 15) is 4.79 Å². The van der Waals surface area contributed by atoms with E-state index in [1.165, 1.54) is 0 Å². The van der Waals surface area contributed by atoms with Crippen LogP contribution in [0.4, 0.5) is 0 Å². The van der Waals surface area contributed by atoms with Crippen molar-refractivity contribution < 1.29 is 19.0 Å². The maximum absolute atomic E-state index is 11.9. The number of hydrogen-bond donors (Lipinski definition) is 0. The molecule has 2 aromatic rings. The second kappa shape index (κ2) is 10.9. The molecule has 2 rings (SSSR count). The van der Waals surface area contributed by atoms with Crippen LogP contribution in [0.5, 0.6) is 5.75 Å². The van der Waals surface area contributed by atoms with Crippen LogP contribution in [0.25, 0.3) is 0 Å². The molecule has 0 aromatic heterocycles. The van der Waals surface area contributed by atoms with E-state index in [2.05, 4.69) is 20.0 Å².